The van der Waals surface area contributed by atoms with Gasteiger partial charge in [-0.15, -0.1) is 0 Å². The molecule has 0 aromatic carbocycles. The summed E-state index contributed by atoms with van der Waals surface area (Å²) < 4.78 is 0. The molecule has 0 amide bonds. The molecule has 108 valence electrons. The Morgan fingerprint density at radius 3 is 2.47 bits per heavy atom. The lowest BCUT2D eigenvalue weighted by Gasteiger charge is -2.35. The third-order valence-corrected chi connectivity index (χ3v) is 3.79. The zero-order chi connectivity index (χ0) is 14.5. The predicted molar refractivity (Wildman–Crippen MR) is 82.0 cm³/mol. The monoisotopic (exact) mass is 263 g/mol. The normalized spacial score (nSPS) is 13.8. The summed E-state index contributed by atoms with van der Waals surface area (Å²) in [6.45, 7) is 14.0. The Balaban J connectivity index is 2.58. The summed E-state index contributed by atoms with van der Waals surface area (Å²) in [4.78, 5) is 6.92. The van der Waals surface area contributed by atoms with Gasteiger partial charge < -0.3 is 5.32 Å². The SMILES string of the molecule is CCNCc1ccc(CN(C)C(C)C(C)(C)C)nc1. The van der Waals surface area contributed by atoms with Crippen LogP contribution in [0.4, 0.5) is 0 Å². The van der Waals surface area contributed by atoms with Gasteiger partial charge in [-0.25, -0.2) is 0 Å². The molecule has 0 radical (unpaired) electrons. The maximum atomic E-state index is 4.55. The fourth-order valence-corrected chi connectivity index (χ4v) is 1.98. The molecule has 0 aliphatic heterocycles. The number of hydrogen-bond acceptors (Lipinski definition) is 3. The van der Waals surface area contributed by atoms with Crippen molar-refractivity contribution < 1.29 is 0 Å². The van der Waals surface area contributed by atoms with Crippen molar-refractivity contribution in [3.8, 4) is 0 Å². The fourth-order valence-electron chi connectivity index (χ4n) is 1.98. The van der Waals surface area contributed by atoms with E-state index >= 15 is 0 Å². The van der Waals surface area contributed by atoms with Gasteiger partial charge in [-0.3, -0.25) is 9.88 Å². The highest BCUT2D eigenvalue weighted by Crippen LogP contribution is 2.23. The van der Waals surface area contributed by atoms with Gasteiger partial charge in [0.2, 0.25) is 0 Å². The Hall–Kier alpha value is -0.930. The molecule has 19 heavy (non-hydrogen) atoms. The van der Waals surface area contributed by atoms with Crippen molar-refractivity contribution in [2.75, 3.05) is 13.6 Å². The molecule has 0 aliphatic carbocycles. The second-order valence-electron chi connectivity index (χ2n) is 6.40. The highest BCUT2D eigenvalue weighted by molar-refractivity contribution is 5.14. The van der Waals surface area contributed by atoms with E-state index in [1.807, 2.05) is 6.20 Å². The molecule has 0 spiro atoms. The lowest BCUT2D eigenvalue weighted by atomic mass is 9.87. The van der Waals surface area contributed by atoms with Crippen LogP contribution in [-0.4, -0.2) is 29.5 Å². The van der Waals surface area contributed by atoms with Gasteiger partial charge in [0, 0.05) is 25.3 Å². The Kier molecular flexibility index (Phi) is 5.95. The van der Waals surface area contributed by atoms with Crippen molar-refractivity contribution in [2.45, 2.75) is 53.8 Å². The lowest BCUT2D eigenvalue weighted by Crippen LogP contribution is -2.38. The molecule has 1 heterocycles. The van der Waals surface area contributed by atoms with E-state index in [4.69, 9.17) is 0 Å². The van der Waals surface area contributed by atoms with E-state index in [1.54, 1.807) is 0 Å². The van der Waals surface area contributed by atoms with E-state index in [0.29, 0.717) is 11.5 Å². The van der Waals surface area contributed by atoms with Gasteiger partial charge in [0.15, 0.2) is 0 Å². The van der Waals surface area contributed by atoms with Crippen LogP contribution < -0.4 is 5.32 Å². The quantitative estimate of drug-likeness (QED) is 0.855. The molecule has 0 fully saturated rings. The Bertz CT molecular complexity index is 365. The summed E-state index contributed by atoms with van der Waals surface area (Å²) in [6.07, 6.45) is 1.98. The van der Waals surface area contributed by atoms with Crippen molar-refractivity contribution in [1.29, 1.82) is 0 Å². The number of nitrogens with zero attached hydrogens (tertiary/aromatic N) is 2. The molecule has 1 unspecified atom stereocenters. The molecule has 0 saturated carbocycles. The summed E-state index contributed by atoms with van der Waals surface area (Å²) in [5.41, 5.74) is 2.68. The van der Waals surface area contributed by atoms with Gasteiger partial charge in [-0.1, -0.05) is 33.8 Å². The third kappa shape index (κ3) is 5.29. The minimum atomic E-state index is 0.291. The predicted octanol–water partition coefficient (Wildman–Crippen LogP) is 3.06. The number of pyridine rings is 1. The van der Waals surface area contributed by atoms with Crippen LogP contribution in [0.15, 0.2) is 18.3 Å². The van der Waals surface area contributed by atoms with Crippen molar-refractivity contribution in [3.05, 3.63) is 29.6 Å². The second-order valence-corrected chi connectivity index (χ2v) is 6.40. The number of rotatable bonds is 6. The molecule has 0 saturated heterocycles. The van der Waals surface area contributed by atoms with Crippen molar-refractivity contribution in [2.24, 2.45) is 5.41 Å². The fraction of sp³-hybridized carbons (Fsp3) is 0.688. The first-order valence-electron chi connectivity index (χ1n) is 7.19. The average molecular weight is 263 g/mol. The van der Waals surface area contributed by atoms with Crippen molar-refractivity contribution in [3.63, 3.8) is 0 Å². The zero-order valence-corrected chi connectivity index (χ0v) is 13.3. The van der Waals surface area contributed by atoms with Crippen LogP contribution in [0, 0.1) is 5.41 Å². The molecule has 1 N–H and O–H groups in total. The zero-order valence-electron chi connectivity index (χ0n) is 13.3. The molecular weight excluding hydrogens is 234 g/mol. The smallest absolute Gasteiger partial charge is 0.0544 e. The van der Waals surface area contributed by atoms with Crippen molar-refractivity contribution in [1.82, 2.24) is 15.2 Å². The molecule has 1 aromatic heterocycles. The van der Waals surface area contributed by atoms with Crippen LogP contribution in [0.2, 0.25) is 0 Å². The highest BCUT2D eigenvalue weighted by atomic mass is 15.1. The molecule has 3 nitrogen and oxygen atoms in total. The van der Waals surface area contributed by atoms with Gasteiger partial charge in [0.25, 0.3) is 0 Å². The van der Waals surface area contributed by atoms with Crippen LogP contribution >= 0.6 is 0 Å². The number of aromatic nitrogens is 1. The largest absolute Gasteiger partial charge is 0.313 e. The Morgan fingerprint density at radius 2 is 2.00 bits per heavy atom. The molecule has 0 aliphatic rings. The van der Waals surface area contributed by atoms with Gasteiger partial charge in [-0.05, 0) is 37.6 Å². The third-order valence-electron chi connectivity index (χ3n) is 3.79. The standard InChI is InChI=1S/C16H29N3/c1-7-17-10-14-8-9-15(18-11-14)12-19(6)13(2)16(3,4)5/h8-9,11,13,17H,7,10,12H2,1-6H3. The van der Waals surface area contributed by atoms with E-state index in [9.17, 15) is 0 Å². The van der Waals surface area contributed by atoms with Crippen LogP contribution in [0.1, 0.15) is 45.9 Å². The van der Waals surface area contributed by atoms with Crippen LogP contribution in [-0.2, 0) is 13.1 Å². The number of hydrogen-bond donors (Lipinski definition) is 1. The van der Waals surface area contributed by atoms with Gasteiger partial charge >= 0.3 is 0 Å². The maximum absolute atomic E-state index is 4.55. The first kappa shape index (κ1) is 16.1. The average Bonchev–Trinajstić information content (AvgIpc) is 2.36. The summed E-state index contributed by atoms with van der Waals surface area (Å²) in [5.74, 6) is 0. The minimum Gasteiger partial charge on any atom is -0.313 e. The summed E-state index contributed by atoms with van der Waals surface area (Å²) >= 11 is 0. The van der Waals surface area contributed by atoms with Crippen LogP contribution in [0.25, 0.3) is 0 Å². The number of nitrogens with one attached hydrogen (secondary N) is 1. The van der Waals surface area contributed by atoms with Gasteiger partial charge in [0.1, 0.15) is 0 Å². The van der Waals surface area contributed by atoms with E-state index in [-0.39, 0.29) is 0 Å². The molecule has 1 rings (SSSR count). The maximum Gasteiger partial charge on any atom is 0.0544 e. The van der Waals surface area contributed by atoms with Crippen molar-refractivity contribution >= 4 is 0 Å². The van der Waals surface area contributed by atoms with Crippen LogP contribution in [0.5, 0.6) is 0 Å². The molecule has 0 bridgehead atoms. The summed E-state index contributed by atoms with van der Waals surface area (Å²) in [6, 6.07) is 4.83. The van der Waals surface area contributed by atoms with Gasteiger partial charge in [-0.2, -0.15) is 0 Å². The van der Waals surface area contributed by atoms with E-state index in [0.717, 1.165) is 25.3 Å². The topological polar surface area (TPSA) is 28.2 Å². The molecule has 1 atom stereocenters. The van der Waals surface area contributed by atoms with E-state index in [1.165, 1.54) is 5.56 Å². The summed E-state index contributed by atoms with van der Waals surface area (Å²) in [5, 5.41) is 3.31. The Labute approximate surface area is 118 Å². The highest BCUT2D eigenvalue weighted by Gasteiger charge is 2.23. The first-order chi connectivity index (χ1) is 8.84. The van der Waals surface area contributed by atoms with Crippen LogP contribution in [0.3, 0.4) is 0 Å². The molecule has 3 heteroatoms. The second kappa shape index (κ2) is 7.01. The van der Waals surface area contributed by atoms with E-state index in [2.05, 4.69) is 69.0 Å². The molecule has 1 aromatic rings. The minimum absolute atomic E-state index is 0.291. The lowest BCUT2D eigenvalue weighted by molar-refractivity contribution is 0.133. The summed E-state index contributed by atoms with van der Waals surface area (Å²) in [7, 11) is 2.17. The first-order valence-corrected chi connectivity index (χ1v) is 7.19. The Morgan fingerprint density at radius 1 is 1.32 bits per heavy atom. The molecular formula is C16H29N3. The van der Waals surface area contributed by atoms with Gasteiger partial charge in [0.05, 0.1) is 5.69 Å². The van der Waals surface area contributed by atoms with E-state index < -0.39 is 0 Å².